The number of hydrogen-bond donors (Lipinski definition) is 0. The summed E-state index contributed by atoms with van der Waals surface area (Å²) in [7, 11) is 0. The Morgan fingerprint density at radius 2 is 1.33 bits per heavy atom. The maximum Gasteiger partial charge on any atom is 0.156 e. The molecule has 90 valence electrons. The minimum absolute atomic E-state index is 0.0668. The summed E-state index contributed by atoms with van der Waals surface area (Å²) in [4.78, 5) is 0. The van der Waals surface area contributed by atoms with Crippen LogP contribution in [-0.2, 0) is 5.41 Å². The second kappa shape index (κ2) is 3.65. The first-order valence-corrected chi connectivity index (χ1v) is 6.64. The van der Waals surface area contributed by atoms with Crippen molar-refractivity contribution in [1.82, 2.24) is 0 Å². The maximum absolute atomic E-state index is 4.55. The Morgan fingerprint density at radius 3 is 1.72 bits per heavy atom. The fraction of sp³-hybridized carbons (Fsp3) is 0.278. The molecule has 0 bridgehead atoms. The van der Waals surface area contributed by atoms with Gasteiger partial charge in [0.1, 0.15) is 0 Å². The third-order valence-corrected chi connectivity index (χ3v) is 4.28. The van der Waals surface area contributed by atoms with Gasteiger partial charge in [-0.25, -0.2) is 0 Å². The largest absolute Gasteiger partial charge is 0.156 e. The van der Waals surface area contributed by atoms with E-state index in [1.165, 1.54) is 33.4 Å². The number of aryl methyl sites for hydroxylation is 2. The van der Waals surface area contributed by atoms with Gasteiger partial charge in [0.25, 0.3) is 0 Å². The summed E-state index contributed by atoms with van der Waals surface area (Å²) in [6.07, 6.45) is 1.04. The SMILES string of the molecule is [CH2+]C1(CC)c2cc(C)ccc2-c2ccc(C)cc21. The molecule has 0 radical (unpaired) electrons. The van der Waals surface area contributed by atoms with Crippen LogP contribution in [-0.4, -0.2) is 0 Å². The predicted molar refractivity (Wildman–Crippen MR) is 77.8 cm³/mol. The van der Waals surface area contributed by atoms with Crippen molar-refractivity contribution in [3.05, 3.63) is 65.6 Å². The number of fused-ring (bicyclic) bond motifs is 3. The lowest BCUT2D eigenvalue weighted by molar-refractivity contribution is 0.628. The number of hydrogen-bond acceptors (Lipinski definition) is 0. The van der Waals surface area contributed by atoms with Crippen LogP contribution < -0.4 is 0 Å². The summed E-state index contributed by atoms with van der Waals surface area (Å²) in [6.45, 7) is 11.1. The molecule has 0 spiro atoms. The standard InChI is InChI=1S/C18H19/c1-5-18(4)16-10-12(2)6-8-14(16)15-9-7-13(3)11-17(15)18/h6-11H,4-5H2,1-3H3/q+1. The lowest BCUT2D eigenvalue weighted by Gasteiger charge is -2.18. The highest BCUT2D eigenvalue weighted by molar-refractivity contribution is 5.82. The summed E-state index contributed by atoms with van der Waals surface area (Å²) in [5.41, 5.74) is 8.10. The van der Waals surface area contributed by atoms with Crippen LogP contribution in [0, 0.1) is 20.8 Å². The molecule has 0 fully saturated rings. The van der Waals surface area contributed by atoms with Crippen LogP contribution in [0.3, 0.4) is 0 Å². The predicted octanol–water partition coefficient (Wildman–Crippen LogP) is 4.81. The molecule has 2 aromatic rings. The average Bonchev–Trinajstić information content (AvgIpc) is 2.60. The molecule has 0 N–H and O–H groups in total. The molecule has 0 heteroatoms. The number of benzene rings is 2. The Bertz CT molecular complexity index is 568. The van der Waals surface area contributed by atoms with Gasteiger partial charge in [-0.05, 0) is 31.4 Å². The summed E-state index contributed by atoms with van der Waals surface area (Å²) in [5.74, 6) is 0. The second-order valence-electron chi connectivity index (χ2n) is 5.53. The van der Waals surface area contributed by atoms with Crippen LogP contribution in [0.25, 0.3) is 11.1 Å². The zero-order valence-electron chi connectivity index (χ0n) is 11.4. The molecular weight excluding hydrogens is 216 g/mol. The molecule has 0 aromatic heterocycles. The van der Waals surface area contributed by atoms with E-state index in [9.17, 15) is 0 Å². The third-order valence-electron chi connectivity index (χ3n) is 4.28. The third kappa shape index (κ3) is 1.35. The monoisotopic (exact) mass is 235 g/mol. The summed E-state index contributed by atoms with van der Waals surface area (Å²) >= 11 is 0. The lowest BCUT2D eigenvalue weighted by Crippen LogP contribution is -2.19. The first-order valence-electron chi connectivity index (χ1n) is 6.64. The van der Waals surface area contributed by atoms with E-state index in [1.807, 2.05) is 0 Å². The average molecular weight is 235 g/mol. The van der Waals surface area contributed by atoms with E-state index in [0.717, 1.165) is 6.42 Å². The molecule has 0 unspecified atom stereocenters. The van der Waals surface area contributed by atoms with Gasteiger partial charge in [0.2, 0.25) is 0 Å². The quantitative estimate of drug-likeness (QED) is 0.622. The van der Waals surface area contributed by atoms with E-state index in [4.69, 9.17) is 0 Å². The molecule has 0 nitrogen and oxygen atoms in total. The molecule has 0 saturated carbocycles. The molecule has 0 aliphatic heterocycles. The van der Waals surface area contributed by atoms with Crippen molar-refractivity contribution in [3.63, 3.8) is 0 Å². The first kappa shape index (κ1) is 11.4. The van der Waals surface area contributed by atoms with Crippen LogP contribution in [0.5, 0.6) is 0 Å². The lowest BCUT2D eigenvalue weighted by atomic mass is 9.77. The fourth-order valence-electron chi connectivity index (χ4n) is 3.10. The Balaban J connectivity index is 2.37. The summed E-state index contributed by atoms with van der Waals surface area (Å²) in [5, 5.41) is 0. The van der Waals surface area contributed by atoms with Crippen LogP contribution in [0.1, 0.15) is 35.6 Å². The molecule has 3 rings (SSSR count). The Kier molecular flexibility index (Phi) is 2.31. The molecule has 2 aromatic carbocycles. The van der Waals surface area contributed by atoms with Crippen molar-refractivity contribution in [1.29, 1.82) is 0 Å². The van der Waals surface area contributed by atoms with Gasteiger partial charge in [-0.2, -0.15) is 0 Å². The molecule has 1 aliphatic rings. The van der Waals surface area contributed by atoms with Gasteiger partial charge in [0.05, 0.1) is 6.92 Å². The first-order chi connectivity index (χ1) is 8.56. The van der Waals surface area contributed by atoms with E-state index in [0.29, 0.717) is 0 Å². The topological polar surface area (TPSA) is 0 Å². The van der Waals surface area contributed by atoms with Crippen molar-refractivity contribution in [2.45, 2.75) is 32.6 Å². The van der Waals surface area contributed by atoms with E-state index in [-0.39, 0.29) is 5.41 Å². The Labute approximate surface area is 110 Å². The van der Waals surface area contributed by atoms with E-state index < -0.39 is 0 Å². The fourth-order valence-corrected chi connectivity index (χ4v) is 3.10. The van der Waals surface area contributed by atoms with Gasteiger partial charge in [-0.15, -0.1) is 0 Å². The van der Waals surface area contributed by atoms with E-state index >= 15 is 0 Å². The van der Waals surface area contributed by atoms with Crippen molar-refractivity contribution in [2.75, 3.05) is 0 Å². The zero-order chi connectivity index (χ0) is 12.9. The highest BCUT2D eigenvalue weighted by Crippen LogP contribution is 2.50. The second-order valence-corrected chi connectivity index (χ2v) is 5.53. The minimum Gasteiger partial charge on any atom is -0.0600 e. The summed E-state index contributed by atoms with van der Waals surface area (Å²) < 4.78 is 0. The molecule has 0 saturated heterocycles. The van der Waals surface area contributed by atoms with Gasteiger partial charge in [-0.3, -0.25) is 0 Å². The highest BCUT2D eigenvalue weighted by Gasteiger charge is 2.44. The molecule has 1 aliphatic carbocycles. The number of rotatable bonds is 1. The molecular formula is C18H19+. The zero-order valence-corrected chi connectivity index (χ0v) is 11.4. The molecule has 0 atom stereocenters. The minimum atomic E-state index is -0.0668. The van der Waals surface area contributed by atoms with Gasteiger partial charge in [-0.1, -0.05) is 54.4 Å². The van der Waals surface area contributed by atoms with Gasteiger partial charge < -0.3 is 0 Å². The van der Waals surface area contributed by atoms with E-state index in [2.05, 4.69) is 64.1 Å². The highest BCUT2D eigenvalue weighted by atomic mass is 14.4. The normalized spacial score (nSPS) is 15.3. The van der Waals surface area contributed by atoms with Gasteiger partial charge in [0.15, 0.2) is 5.41 Å². The smallest absolute Gasteiger partial charge is 0.0600 e. The molecule has 18 heavy (non-hydrogen) atoms. The van der Waals surface area contributed by atoms with Crippen LogP contribution >= 0.6 is 0 Å². The van der Waals surface area contributed by atoms with Crippen molar-refractivity contribution in [3.8, 4) is 11.1 Å². The van der Waals surface area contributed by atoms with Crippen molar-refractivity contribution >= 4 is 0 Å². The van der Waals surface area contributed by atoms with Crippen LogP contribution in [0.4, 0.5) is 0 Å². The van der Waals surface area contributed by atoms with Gasteiger partial charge in [0, 0.05) is 11.1 Å². The van der Waals surface area contributed by atoms with Gasteiger partial charge >= 0.3 is 0 Å². The maximum atomic E-state index is 4.55. The van der Waals surface area contributed by atoms with E-state index in [1.54, 1.807) is 0 Å². The van der Waals surface area contributed by atoms with Crippen molar-refractivity contribution < 1.29 is 0 Å². The Morgan fingerprint density at radius 1 is 0.889 bits per heavy atom. The van der Waals surface area contributed by atoms with Crippen LogP contribution in [0.15, 0.2) is 36.4 Å². The molecule has 0 amide bonds. The molecule has 0 heterocycles. The van der Waals surface area contributed by atoms with Crippen molar-refractivity contribution in [2.24, 2.45) is 0 Å². The van der Waals surface area contributed by atoms with Crippen LogP contribution in [0.2, 0.25) is 0 Å². The Hall–Kier alpha value is -1.69. The summed E-state index contributed by atoms with van der Waals surface area (Å²) in [6, 6.07) is 13.5.